The Bertz CT molecular complexity index is 1130. The summed E-state index contributed by atoms with van der Waals surface area (Å²) in [5, 5.41) is 2.86. The first kappa shape index (κ1) is 21.4. The predicted molar refractivity (Wildman–Crippen MR) is 120 cm³/mol. The van der Waals surface area contributed by atoms with Gasteiger partial charge in [-0.05, 0) is 68.5 Å². The lowest BCUT2D eigenvalue weighted by atomic mass is 10.1. The van der Waals surface area contributed by atoms with Crippen LogP contribution in [0.15, 0.2) is 47.4 Å². The lowest BCUT2D eigenvalue weighted by Crippen LogP contribution is -2.32. The van der Waals surface area contributed by atoms with Gasteiger partial charge < -0.3 is 10.2 Å². The van der Waals surface area contributed by atoms with Crippen LogP contribution in [-0.4, -0.2) is 32.8 Å². The summed E-state index contributed by atoms with van der Waals surface area (Å²) in [7, 11) is -3.90. The van der Waals surface area contributed by atoms with Gasteiger partial charge in [0.05, 0.1) is 16.1 Å². The molecule has 8 heteroatoms. The van der Waals surface area contributed by atoms with E-state index in [0.29, 0.717) is 13.0 Å². The van der Waals surface area contributed by atoms with Crippen molar-refractivity contribution in [3.05, 3.63) is 53.6 Å². The van der Waals surface area contributed by atoms with Crippen LogP contribution in [-0.2, 0) is 21.2 Å². The number of carbonyl (C=O) groups excluding carboxylic acids is 2. The van der Waals surface area contributed by atoms with E-state index >= 15 is 0 Å². The number of nitrogens with one attached hydrogen (secondary N) is 2. The maximum atomic E-state index is 13.1. The SMILES string of the molecule is CC[C@@H](C)NC(=O)c1ccccc1NS(=O)(=O)c1ccc2c(c1)CCN2C(=O)C1CC1. The average Bonchev–Trinajstić information content (AvgIpc) is 3.52. The van der Waals surface area contributed by atoms with Crippen LogP contribution in [0.25, 0.3) is 0 Å². The molecule has 1 heterocycles. The molecule has 0 saturated heterocycles. The van der Waals surface area contributed by atoms with E-state index in [0.717, 1.165) is 30.5 Å². The Labute approximate surface area is 182 Å². The smallest absolute Gasteiger partial charge is 0.261 e. The highest BCUT2D eigenvalue weighted by Gasteiger charge is 2.36. The van der Waals surface area contributed by atoms with Crippen LogP contribution in [0.1, 0.15) is 49.0 Å². The van der Waals surface area contributed by atoms with Gasteiger partial charge >= 0.3 is 0 Å². The number of nitrogens with zero attached hydrogens (tertiary/aromatic N) is 1. The number of amides is 2. The summed E-state index contributed by atoms with van der Waals surface area (Å²) in [4.78, 5) is 26.9. The van der Waals surface area contributed by atoms with E-state index in [9.17, 15) is 18.0 Å². The van der Waals surface area contributed by atoms with Crippen molar-refractivity contribution in [3.63, 3.8) is 0 Å². The minimum absolute atomic E-state index is 0.0184. The van der Waals surface area contributed by atoms with Crippen molar-refractivity contribution >= 4 is 33.2 Å². The average molecular weight is 442 g/mol. The third-order valence-corrected chi connectivity index (χ3v) is 7.22. The fourth-order valence-corrected chi connectivity index (χ4v) is 4.83. The molecule has 164 valence electrons. The van der Waals surface area contributed by atoms with Crippen LogP contribution in [0.5, 0.6) is 0 Å². The van der Waals surface area contributed by atoms with Crippen LogP contribution in [0.2, 0.25) is 0 Å². The molecule has 31 heavy (non-hydrogen) atoms. The molecule has 1 aliphatic carbocycles. The second-order valence-electron chi connectivity index (χ2n) is 8.24. The first-order valence-electron chi connectivity index (χ1n) is 10.7. The van der Waals surface area contributed by atoms with Gasteiger partial charge in [0.25, 0.3) is 15.9 Å². The largest absolute Gasteiger partial charge is 0.350 e. The van der Waals surface area contributed by atoms with Crippen LogP contribution >= 0.6 is 0 Å². The highest BCUT2D eigenvalue weighted by Crippen LogP contribution is 2.37. The Kier molecular flexibility index (Phi) is 5.75. The molecular weight excluding hydrogens is 414 g/mol. The second-order valence-corrected chi connectivity index (χ2v) is 9.92. The number of rotatable bonds is 7. The van der Waals surface area contributed by atoms with Crippen molar-refractivity contribution in [2.24, 2.45) is 5.92 Å². The standard InChI is InChI=1S/C23H27N3O4S/c1-3-15(2)24-22(27)19-6-4-5-7-20(19)25-31(29,30)18-10-11-21-17(14-18)12-13-26(21)23(28)16-8-9-16/h4-7,10-11,14-16,25H,3,8-9,12-13H2,1-2H3,(H,24,27)/t15-/m1/s1. The van der Waals surface area contributed by atoms with Gasteiger partial charge in [-0.2, -0.15) is 0 Å². The highest BCUT2D eigenvalue weighted by atomic mass is 32.2. The number of para-hydroxylation sites is 1. The minimum Gasteiger partial charge on any atom is -0.350 e. The fraction of sp³-hybridized carbons (Fsp3) is 0.391. The molecule has 0 bridgehead atoms. The summed E-state index contributed by atoms with van der Waals surface area (Å²) in [6, 6.07) is 11.4. The van der Waals surface area contributed by atoms with Gasteiger partial charge in [-0.3, -0.25) is 14.3 Å². The van der Waals surface area contributed by atoms with E-state index in [1.165, 1.54) is 6.07 Å². The summed E-state index contributed by atoms with van der Waals surface area (Å²) >= 11 is 0. The maximum Gasteiger partial charge on any atom is 0.261 e. The third kappa shape index (κ3) is 4.44. The Morgan fingerprint density at radius 3 is 2.61 bits per heavy atom. The molecule has 1 saturated carbocycles. The zero-order valence-electron chi connectivity index (χ0n) is 17.7. The summed E-state index contributed by atoms with van der Waals surface area (Å²) in [6.45, 7) is 4.44. The molecule has 2 aliphatic rings. The van der Waals surface area contributed by atoms with Crippen molar-refractivity contribution in [3.8, 4) is 0 Å². The van der Waals surface area contributed by atoms with Crippen LogP contribution in [0.4, 0.5) is 11.4 Å². The minimum atomic E-state index is -3.90. The normalized spacial score (nSPS) is 16.5. The Balaban J connectivity index is 1.57. The van der Waals surface area contributed by atoms with Gasteiger partial charge in [-0.1, -0.05) is 19.1 Å². The molecule has 0 unspecified atom stereocenters. The molecule has 0 aromatic heterocycles. The van der Waals surface area contributed by atoms with Gasteiger partial charge in [0.15, 0.2) is 0 Å². The Hall–Kier alpha value is -2.87. The van der Waals surface area contributed by atoms with E-state index in [1.54, 1.807) is 41.3 Å². The number of benzene rings is 2. The van der Waals surface area contributed by atoms with Crippen molar-refractivity contribution < 1.29 is 18.0 Å². The van der Waals surface area contributed by atoms with Crippen molar-refractivity contribution in [2.75, 3.05) is 16.2 Å². The summed E-state index contributed by atoms with van der Waals surface area (Å²) in [6.07, 6.45) is 3.27. The zero-order valence-corrected chi connectivity index (χ0v) is 18.5. The van der Waals surface area contributed by atoms with Gasteiger partial charge in [0, 0.05) is 24.2 Å². The van der Waals surface area contributed by atoms with Gasteiger partial charge in [-0.15, -0.1) is 0 Å². The highest BCUT2D eigenvalue weighted by molar-refractivity contribution is 7.92. The van der Waals surface area contributed by atoms with E-state index in [2.05, 4.69) is 10.0 Å². The molecule has 2 aromatic rings. The summed E-state index contributed by atoms with van der Waals surface area (Å²) in [5.74, 6) is -0.0707. The van der Waals surface area contributed by atoms with E-state index in [-0.39, 0.29) is 39.9 Å². The molecule has 0 spiro atoms. The lowest BCUT2D eigenvalue weighted by molar-refractivity contribution is -0.119. The quantitative estimate of drug-likeness (QED) is 0.689. The van der Waals surface area contributed by atoms with Crippen LogP contribution in [0.3, 0.4) is 0 Å². The molecule has 1 atom stereocenters. The Morgan fingerprint density at radius 2 is 1.90 bits per heavy atom. The summed E-state index contributed by atoms with van der Waals surface area (Å²) in [5.41, 5.74) is 2.15. The van der Waals surface area contributed by atoms with Gasteiger partial charge in [-0.25, -0.2) is 8.42 Å². The Morgan fingerprint density at radius 1 is 1.16 bits per heavy atom. The molecule has 2 amide bonds. The molecule has 1 fully saturated rings. The first-order chi connectivity index (χ1) is 14.8. The maximum absolute atomic E-state index is 13.1. The van der Waals surface area contributed by atoms with E-state index in [1.807, 2.05) is 13.8 Å². The number of carbonyl (C=O) groups is 2. The summed E-state index contributed by atoms with van der Waals surface area (Å²) < 4.78 is 28.7. The van der Waals surface area contributed by atoms with Crippen molar-refractivity contribution in [1.29, 1.82) is 0 Å². The number of fused-ring (bicyclic) bond motifs is 1. The number of anilines is 2. The number of hydrogen-bond donors (Lipinski definition) is 2. The topological polar surface area (TPSA) is 95.6 Å². The molecule has 7 nitrogen and oxygen atoms in total. The second kappa shape index (κ2) is 8.34. The van der Waals surface area contributed by atoms with Gasteiger partial charge in [0.2, 0.25) is 5.91 Å². The number of sulfonamides is 1. The zero-order chi connectivity index (χ0) is 22.2. The molecule has 0 radical (unpaired) electrons. The van der Waals surface area contributed by atoms with E-state index in [4.69, 9.17) is 0 Å². The molecular formula is C23H27N3O4S. The van der Waals surface area contributed by atoms with Gasteiger partial charge in [0.1, 0.15) is 0 Å². The third-order valence-electron chi connectivity index (χ3n) is 5.86. The van der Waals surface area contributed by atoms with E-state index < -0.39 is 10.0 Å². The van der Waals surface area contributed by atoms with Crippen LogP contribution in [0, 0.1) is 5.92 Å². The monoisotopic (exact) mass is 441 g/mol. The molecule has 1 aliphatic heterocycles. The van der Waals surface area contributed by atoms with Crippen molar-refractivity contribution in [2.45, 2.75) is 50.5 Å². The predicted octanol–water partition coefficient (Wildman–Crippen LogP) is 3.31. The molecule has 2 N–H and O–H groups in total. The lowest BCUT2D eigenvalue weighted by Gasteiger charge is -2.18. The van der Waals surface area contributed by atoms with Crippen LogP contribution < -0.4 is 14.9 Å². The molecule has 4 rings (SSSR count). The van der Waals surface area contributed by atoms with Crippen molar-refractivity contribution in [1.82, 2.24) is 5.32 Å². The molecule has 2 aromatic carbocycles. The fourth-order valence-electron chi connectivity index (χ4n) is 3.70. The number of hydrogen-bond acceptors (Lipinski definition) is 4. The first-order valence-corrected chi connectivity index (χ1v) is 12.2.